The number of anilines is 2. The SMILES string of the molecule is CC(=O)c1ccc(NC(=S)N2CCN(c3cc(C)ccc3C)CC2)cc1. The summed E-state index contributed by atoms with van der Waals surface area (Å²) in [6.45, 7) is 9.57. The van der Waals surface area contributed by atoms with Crippen LogP contribution in [0, 0.1) is 13.8 Å². The van der Waals surface area contributed by atoms with Crippen molar-refractivity contribution in [3.8, 4) is 0 Å². The van der Waals surface area contributed by atoms with Crippen LogP contribution in [0.25, 0.3) is 0 Å². The van der Waals surface area contributed by atoms with Crippen molar-refractivity contribution in [3.05, 3.63) is 59.2 Å². The van der Waals surface area contributed by atoms with Crippen molar-refractivity contribution >= 4 is 34.5 Å². The second kappa shape index (κ2) is 7.87. The topological polar surface area (TPSA) is 35.6 Å². The van der Waals surface area contributed by atoms with Gasteiger partial charge in [-0.1, -0.05) is 12.1 Å². The number of nitrogens with zero attached hydrogens (tertiary/aromatic N) is 2. The molecule has 4 nitrogen and oxygen atoms in total. The van der Waals surface area contributed by atoms with E-state index >= 15 is 0 Å². The summed E-state index contributed by atoms with van der Waals surface area (Å²) in [5.41, 5.74) is 5.55. The number of aryl methyl sites for hydroxylation is 2. The Labute approximate surface area is 160 Å². The summed E-state index contributed by atoms with van der Waals surface area (Å²) in [7, 11) is 0. The summed E-state index contributed by atoms with van der Waals surface area (Å²) in [5.74, 6) is 0.0710. The molecule has 0 amide bonds. The third-order valence-electron chi connectivity index (χ3n) is 4.81. The third kappa shape index (κ3) is 4.22. The zero-order valence-electron chi connectivity index (χ0n) is 15.6. The van der Waals surface area contributed by atoms with Crippen LogP contribution in [0.5, 0.6) is 0 Å². The molecule has 1 heterocycles. The largest absolute Gasteiger partial charge is 0.368 e. The maximum Gasteiger partial charge on any atom is 0.173 e. The molecule has 1 fully saturated rings. The van der Waals surface area contributed by atoms with E-state index in [9.17, 15) is 4.79 Å². The summed E-state index contributed by atoms with van der Waals surface area (Å²) in [6, 6.07) is 14.1. The first-order valence-electron chi connectivity index (χ1n) is 8.93. The van der Waals surface area contributed by atoms with Gasteiger partial charge in [-0.05, 0) is 74.4 Å². The van der Waals surface area contributed by atoms with Crippen molar-refractivity contribution in [3.63, 3.8) is 0 Å². The number of ketones is 1. The molecule has 1 aliphatic heterocycles. The van der Waals surface area contributed by atoms with Crippen LogP contribution in [0.3, 0.4) is 0 Å². The molecule has 26 heavy (non-hydrogen) atoms. The summed E-state index contributed by atoms with van der Waals surface area (Å²) < 4.78 is 0. The quantitative estimate of drug-likeness (QED) is 0.655. The number of nitrogens with one attached hydrogen (secondary N) is 1. The van der Waals surface area contributed by atoms with E-state index in [2.05, 4.69) is 47.2 Å². The summed E-state index contributed by atoms with van der Waals surface area (Å²) >= 11 is 5.57. The summed E-state index contributed by atoms with van der Waals surface area (Å²) in [6.07, 6.45) is 0. The Bertz CT molecular complexity index is 809. The Hall–Kier alpha value is -2.40. The Morgan fingerprint density at radius 1 is 1.00 bits per heavy atom. The highest BCUT2D eigenvalue weighted by Crippen LogP contribution is 2.23. The third-order valence-corrected chi connectivity index (χ3v) is 5.18. The Balaban J connectivity index is 1.58. The molecule has 0 unspecified atom stereocenters. The number of Topliss-reactive ketones (excluding diaryl/α,β-unsaturated/α-hetero) is 1. The fourth-order valence-electron chi connectivity index (χ4n) is 3.20. The molecule has 0 saturated carbocycles. The van der Waals surface area contributed by atoms with Crippen LogP contribution in [-0.4, -0.2) is 42.0 Å². The molecule has 3 rings (SSSR count). The monoisotopic (exact) mass is 367 g/mol. The number of hydrogen-bond donors (Lipinski definition) is 1. The molecule has 0 spiro atoms. The smallest absolute Gasteiger partial charge is 0.173 e. The Morgan fingerprint density at radius 3 is 2.27 bits per heavy atom. The van der Waals surface area contributed by atoms with E-state index < -0.39 is 0 Å². The van der Waals surface area contributed by atoms with Crippen molar-refractivity contribution in [2.75, 3.05) is 36.4 Å². The van der Waals surface area contributed by atoms with Crippen molar-refractivity contribution in [1.29, 1.82) is 0 Å². The minimum atomic E-state index is 0.0710. The lowest BCUT2D eigenvalue weighted by molar-refractivity contribution is 0.101. The van der Waals surface area contributed by atoms with E-state index in [0.29, 0.717) is 5.56 Å². The maximum atomic E-state index is 11.4. The standard InChI is InChI=1S/C21H25N3OS/c1-15-4-5-16(2)20(14-15)23-10-12-24(13-11-23)21(26)22-19-8-6-18(7-9-19)17(3)25/h4-9,14H,10-13H2,1-3H3,(H,22,26). The van der Waals surface area contributed by atoms with Crippen LogP contribution >= 0.6 is 12.2 Å². The van der Waals surface area contributed by atoms with Gasteiger partial charge in [-0.3, -0.25) is 4.79 Å². The van der Waals surface area contributed by atoms with Gasteiger partial charge < -0.3 is 15.1 Å². The van der Waals surface area contributed by atoms with Crippen LogP contribution in [0.4, 0.5) is 11.4 Å². The van der Waals surface area contributed by atoms with Crippen LogP contribution in [0.15, 0.2) is 42.5 Å². The lowest BCUT2D eigenvalue weighted by atomic mass is 10.1. The minimum absolute atomic E-state index is 0.0710. The number of carbonyl (C=O) groups is 1. The van der Waals surface area contributed by atoms with Crippen molar-refractivity contribution in [2.24, 2.45) is 0 Å². The first kappa shape index (κ1) is 18.4. The van der Waals surface area contributed by atoms with E-state index in [1.165, 1.54) is 16.8 Å². The Kier molecular flexibility index (Phi) is 5.57. The second-order valence-electron chi connectivity index (χ2n) is 6.83. The van der Waals surface area contributed by atoms with E-state index in [-0.39, 0.29) is 5.78 Å². The molecular formula is C21H25N3OS. The van der Waals surface area contributed by atoms with Gasteiger partial charge in [0.15, 0.2) is 10.9 Å². The second-order valence-corrected chi connectivity index (χ2v) is 7.21. The van der Waals surface area contributed by atoms with Gasteiger partial charge in [0.25, 0.3) is 0 Å². The molecule has 0 atom stereocenters. The normalized spacial score (nSPS) is 14.3. The summed E-state index contributed by atoms with van der Waals surface area (Å²) in [4.78, 5) is 16.0. The van der Waals surface area contributed by atoms with Crippen molar-refractivity contribution < 1.29 is 4.79 Å². The lowest BCUT2D eigenvalue weighted by Gasteiger charge is -2.38. The van der Waals surface area contributed by atoms with E-state index in [1.807, 2.05) is 24.3 Å². The maximum absolute atomic E-state index is 11.4. The van der Waals surface area contributed by atoms with Gasteiger partial charge in [0.1, 0.15) is 0 Å². The molecule has 5 heteroatoms. The fraction of sp³-hybridized carbons (Fsp3) is 0.333. The molecule has 0 aliphatic carbocycles. The average molecular weight is 368 g/mol. The molecule has 1 saturated heterocycles. The predicted molar refractivity (Wildman–Crippen MR) is 112 cm³/mol. The van der Waals surface area contributed by atoms with Gasteiger partial charge in [0.05, 0.1) is 0 Å². The number of rotatable bonds is 3. The minimum Gasteiger partial charge on any atom is -0.368 e. The number of carbonyl (C=O) groups excluding carboxylic acids is 1. The molecule has 2 aromatic carbocycles. The van der Waals surface area contributed by atoms with Gasteiger partial charge in [0, 0.05) is 43.1 Å². The number of hydrogen-bond acceptors (Lipinski definition) is 3. The van der Waals surface area contributed by atoms with E-state index in [1.54, 1.807) is 6.92 Å². The van der Waals surface area contributed by atoms with Crippen LogP contribution in [0.1, 0.15) is 28.4 Å². The molecule has 0 radical (unpaired) electrons. The van der Waals surface area contributed by atoms with Crippen molar-refractivity contribution in [2.45, 2.75) is 20.8 Å². The molecule has 0 aromatic heterocycles. The zero-order valence-corrected chi connectivity index (χ0v) is 16.4. The number of piperazine rings is 1. The van der Waals surface area contributed by atoms with Crippen LogP contribution in [-0.2, 0) is 0 Å². The molecule has 2 aromatic rings. The van der Waals surface area contributed by atoms with Gasteiger partial charge in [0.2, 0.25) is 0 Å². The highest BCUT2D eigenvalue weighted by molar-refractivity contribution is 7.80. The number of benzene rings is 2. The first-order chi connectivity index (χ1) is 12.4. The van der Waals surface area contributed by atoms with Gasteiger partial charge in [-0.15, -0.1) is 0 Å². The van der Waals surface area contributed by atoms with Crippen LogP contribution in [0.2, 0.25) is 0 Å². The van der Waals surface area contributed by atoms with Crippen molar-refractivity contribution in [1.82, 2.24) is 4.90 Å². The van der Waals surface area contributed by atoms with Gasteiger partial charge in [-0.2, -0.15) is 0 Å². The predicted octanol–water partition coefficient (Wildman–Crippen LogP) is 4.03. The lowest BCUT2D eigenvalue weighted by Crippen LogP contribution is -2.50. The molecule has 0 bridgehead atoms. The average Bonchev–Trinajstić information content (AvgIpc) is 2.64. The van der Waals surface area contributed by atoms with Crippen LogP contribution < -0.4 is 10.2 Å². The summed E-state index contributed by atoms with van der Waals surface area (Å²) in [5, 5.41) is 4.02. The number of thiocarbonyl (C=S) groups is 1. The Morgan fingerprint density at radius 2 is 1.65 bits per heavy atom. The highest BCUT2D eigenvalue weighted by Gasteiger charge is 2.20. The zero-order chi connectivity index (χ0) is 18.7. The highest BCUT2D eigenvalue weighted by atomic mass is 32.1. The van der Waals surface area contributed by atoms with E-state index in [4.69, 9.17) is 12.2 Å². The van der Waals surface area contributed by atoms with Gasteiger partial charge >= 0.3 is 0 Å². The van der Waals surface area contributed by atoms with Gasteiger partial charge in [-0.25, -0.2) is 0 Å². The fourth-order valence-corrected chi connectivity index (χ4v) is 3.50. The molecular weight excluding hydrogens is 342 g/mol. The molecule has 1 aliphatic rings. The van der Waals surface area contributed by atoms with E-state index in [0.717, 1.165) is 37.0 Å². The first-order valence-corrected chi connectivity index (χ1v) is 9.34. The molecule has 136 valence electrons. The molecule has 1 N–H and O–H groups in total.